The number of rotatable bonds is 5. The van der Waals surface area contributed by atoms with Gasteiger partial charge in [-0.1, -0.05) is 43.2 Å². The van der Waals surface area contributed by atoms with Gasteiger partial charge in [-0.05, 0) is 75.0 Å². The Kier molecular flexibility index (Phi) is 5.31. The molecule has 0 radical (unpaired) electrons. The molecule has 0 aromatic heterocycles. The normalized spacial score (nSPS) is 43.3. The molecule has 29 heavy (non-hydrogen) atoms. The Morgan fingerprint density at radius 1 is 1.34 bits per heavy atom. The molecule has 0 amide bonds. The standard InChI is InChI=1S/C25H36O4/c1-15(2)6-5-7-16(3)18-10-11-24(4)13-20-17(14-26)12-25(28)22(20)19(23(27)29-25)8-9-21(18)24/h6,8,10,16-17,20-22,26,28H,5,7,9,11-14H2,1-4H3/b19-8+/t16-,17-,20+,21+,22+,24-,25-/m1/s1. The third-order valence-corrected chi connectivity index (χ3v) is 8.19. The maximum Gasteiger partial charge on any atom is 0.336 e. The molecule has 4 rings (SSSR count). The molecule has 0 bridgehead atoms. The summed E-state index contributed by atoms with van der Waals surface area (Å²) in [6.45, 7) is 9.03. The van der Waals surface area contributed by atoms with Crippen LogP contribution in [0.15, 0.2) is 34.9 Å². The van der Waals surface area contributed by atoms with Crippen LogP contribution in [0, 0.1) is 35.0 Å². The van der Waals surface area contributed by atoms with Crippen LogP contribution in [0.25, 0.3) is 0 Å². The Morgan fingerprint density at radius 3 is 2.79 bits per heavy atom. The number of hydrogen-bond donors (Lipinski definition) is 2. The van der Waals surface area contributed by atoms with Gasteiger partial charge in [-0.3, -0.25) is 0 Å². The maximum atomic E-state index is 12.5. The number of fused-ring (bicyclic) bond motifs is 1. The predicted octanol–water partition coefficient (Wildman–Crippen LogP) is 4.53. The van der Waals surface area contributed by atoms with Gasteiger partial charge in [0.15, 0.2) is 0 Å². The van der Waals surface area contributed by atoms with Gasteiger partial charge >= 0.3 is 5.97 Å². The van der Waals surface area contributed by atoms with Crippen molar-refractivity contribution >= 4 is 5.97 Å². The molecule has 7 atom stereocenters. The quantitative estimate of drug-likeness (QED) is 0.525. The van der Waals surface area contributed by atoms with Crippen LogP contribution in [0.5, 0.6) is 0 Å². The van der Waals surface area contributed by atoms with Gasteiger partial charge in [0.2, 0.25) is 5.79 Å². The number of hydrogen-bond acceptors (Lipinski definition) is 4. The monoisotopic (exact) mass is 400 g/mol. The lowest BCUT2D eigenvalue weighted by atomic mass is 9.63. The van der Waals surface area contributed by atoms with Gasteiger partial charge in [-0.15, -0.1) is 0 Å². The van der Waals surface area contributed by atoms with Crippen LogP contribution in [-0.4, -0.2) is 28.6 Å². The maximum absolute atomic E-state index is 12.5. The smallest absolute Gasteiger partial charge is 0.336 e. The molecule has 1 aliphatic heterocycles. The highest BCUT2D eigenvalue weighted by atomic mass is 16.7. The first-order valence-electron chi connectivity index (χ1n) is 11.3. The highest BCUT2D eigenvalue weighted by Crippen LogP contribution is 2.61. The summed E-state index contributed by atoms with van der Waals surface area (Å²) < 4.78 is 5.45. The Balaban J connectivity index is 1.62. The van der Waals surface area contributed by atoms with E-state index in [2.05, 4.69) is 45.9 Å². The van der Waals surface area contributed by atoms with Crippen molar-refractivity contribution in [3.63, 3.8) is 0 Å². The molecule has 0 aromatic rings. The van der Waals surface area contributed by atoms with Crippen molar-refractivity contribution in [3.05, 3.63) is 34.9 Å². The zero-order valence-electron chi connectivity index (χ0n) is 18.3. The second kappa shape index (κ2) is 7.39. The molecule has 0 unspecified atom stereocenters. The van der Waals surface area contributed by atoms with Crippen molar-refractivity contribution in [2.24, 2.45) is 35.0 Å². The number of ether oxygens (including phenoxy) is 1. The van der Waals surface area contributed by atoms with Gasteiger partial charge in [-0.25, -0.2) is 4.79 Å². The lowest BCUT2D eigenvalue weighted by Gasteiger charge is -2.41. The molecule has 2 fully saturated rings. The number of aliphatic hydroxyl groups is 2. The van der Waals surface area contributed by atoms with E-state index in [-0.39, 0.29) is 35.7 Å². The third-order valence-electron chi connectivity index (χ3n) is 8.19. The summed E-state index contributed by atoms with van der Waals surface area (Å²) in [4.78, 5) is 12.5. The van der Waals surface area contributed by atoms with Gasteiger partial charge in [-0.2, -0.15) is 0 Å². The summed E-state index contributed by atoms with van der Waals surface area (Å²) in [5.41, 5.74) is 3.66. The van der Waals surface area contributed by atoms with Crippen LogP contribution in [-0.2, 0) is 9.53 Å². The van der Waals surface area contributed by atoms with E-state index in [1.807, 2.05) is 0 Å². The fourth-order valence-corrected chi connectivity index (χ4v) is 6.68. The van der Waals surface area contributed by atoms with Crippen LogP contribution in [0.1, 0.15) is 66.2 Å². The molecule has 0 spiro atoms. The zero-order valence-corrected chi connectivity index (χ0v) is 18.3. The van der Waals surface area contributed by atoms with Crippen LogP contribution < -0.4 is 0 Å². The first-order valence-corrected chi connectivity index (χ1v) is 11.3. The summed E-state index contributed by atoms with van der Waals surface area (Å²) in [5.74, 6) is -1.06. The number of esters is 1. The Labute approximate surface area is 174 Å². The average molecular weight is 401 g/mol. The van der Waals surface area contributed by atoms with Crippen molar-refractivity contribution in [2.45, 2.75) is 72.0 Å². The lowest BCUT2D eigenvalue weighted by molar-refractivity contribution is -0.197. The largest absolute Gasteiger partial charge is 0.429 e. The third kappa shape index (κ3) is 3.42. The van der Waals surface area contributed by atoms with Crippen LogP contribution >= 0.6 is 0 Å². The van der Waals surface area contributed by atoms with E-state index >= 15 is 0 Å². The topological polar surface area (TPSA) is 66.8 Å². The Morgan fingerprint density at radius 2 is 2.10 bits per heavy atom. The molecular weight excluding hydrogens is 364 g/mol. The highest BCUT2D eigenvalue weighted by molar-refractivity contribution is 5.92. The first kappa shape index (κ1) is 20.9. The van der Waals surface area contributed by atoms with Crippen molar-refractivity contribution < 1.29 is 19.7 Å². The van der Waals surface area contributed by atoms with Crippen LogP contribution in [0.3, 0.4) is 0 Å². The van der Waals surface area contributed by atoms with Gasteiger partial charge in [0.05, 0.1) is 5.92 Å². The fourth-order valence-electron chi connectivity index (χ4n) is 6.68. The average Bonchev–Trinajstić information content (AvgIpc) is 3.17. The van der Waals surface area contributed by atoms with Crippen LogP contribution in [0.2, 0.25) is 0 Å². The second-order valence-electron chi connectivity index (χ2n) is 10.5. The molecule has 1 saturated carbocycles. The van der Waals surface area contributed by atoms with Crippen LogP contribution in [0.4, 0.5) is 0 Å². The van der Waals surface area contributed by atoms with E-state index < -0.39 is 5.79 Å². The van der Waals surface area contributed by atoms with Crippen molar-refractivity contribution in [1.82, 2.24) is 0 Å². The van der Waals surface area contributed by atoms with Crippen molar-refractivity contribution in [2.75, 3.05) is 6.61 Å². The SMILES string of the molecule is CC(C)=CCC[C@@H](C)C1=CC[C@]2(C)C[C@H]3[C@@H](CO)C[C@@]4(O)OC(=O)/C(=C/C[C@@H]12)[C@@H]34. The molecule has 3 aliphatic carbocycles. The van der Waals surface area contributed by atoms with Crippen molar-refractivity contribution in [3.8, 4) is 0 Å². The summed E-state index contributed by atoms with van der Waals surface area (Å²) in [5, 5.41) is 21.0. The minimum atomic E-state index is -1.42. The zero-order chi connectivity index (χ0) is 21.0. The lowest BCUT2D eigenvalue weighted by Crippen LogP contribution is -2.37. The predicted molar refractivity (Wildman–Crippen MR) is 113 cm³/mol. The minimum absolute atomic E-state index is 0.0174. The van der Waals surface area contributed by atoms with E-state index in [4.69, 9.17) is 4.74 Å². The fraction of sp³-hybridized carbons (Fsp3) is 0.720. The molecule has 2 N–H and O–H groups in total. The number of carbonyl (C=O) groups excluding carboxylic acids is 1. The molecule has 0 aromatic carbocycles. The summed E-state index contributed by atoms with van der Waals surface area (Å²) in [7, 11) is 0. The van der Waals surface area contributed by atoms with Gasteiger partial charge < -0.3 is 14.9 Å². The van der Waals surface area contributed by atoms with Gasteiger partial charge in [0.25, 0.3) is 0 Å². The van der Waals surface area contributed by atoms with E-state index in [0.29, 0.717) is 23.8 Å². The second-order valence-corrected chi connectivity index (χ2v) is 10.5. The minimum Gasteiger partial charge on any atom is -0.429 e. The number of aliphatic hydroxyl groups excluding tert-OH is 1. The Bertz CT molecular complexity index is 774. The van der Waals surface area contributed by atoms with Gasteiger partial charge in [0, 0.05) is 18.6 Å². The Hall–Kier alpha value is -1.39. The molecular formula is C25H36O4. The molecule has 1 saturated heterocycles. The van der Waals surface area contributed by atoms with Gasteiger partial charge in [0.1, 0.15) is 0 Å². The van der Waals surface area contributed by atoms with E-state index in [0.717, 1.165) is 32.1 Å². The molecule has 4 heteroatoms. The molecule has 1 heterocycles. The van der Waals surface area contributed by atoms with E-state index in [9.17, 15) is 15.0 Å². The first-order chi connectivity index (χ1) is 13.7. The van der Waals surface area contributed by atoms with E-state index in [1.54, 1.807) is 0 Å². The van der Waals surface area contributed by atoms with Crippen molar-refractivity contribution in [1.29, 1.82) is 0 Å². The summed E-state index contributed by atoms with van der Waals surface area (Å²) in [6, 6.07) is 0. The molecule has 4 nitrogen and oxygen atoms in total. The number of carbonyl (C=O) groups is 1. The summed E-state index contributed by atoms with van der Waals surface area (Å²) in [6.07, 6.45) is 12.2. The highest BCUT2D eigenvalue weighted by Gasteiger charge is 2.64. The molecule has 160 valence electrons. The number of allylic oxidation sites excluding steroid dienone is 5. The van der Waals surface area contributed by atoms with E-state index in [1.165, 1.54) is 11.1 Å². The molecule has 4 aliphatic rings. The summed E-state index contributed by atoms with van der Waals surface area (Å²) >= 11 is 0.